The summed E-state index contributed by atoms with van der Waals surface area (Å²) in [5.74, 6) is -0.423. The Bertz CT molecular complexity index is 269. The number of nitrogens with zero attached hydrogens (tertiary/aromatic N) is 1. The van der Waals surface area contributed by atoms with E-state index in [2.05, 4.69) is 10.2 Å². The van der Waals surface area contributed by atoms with Gasteiger partial charge in [-0.15, -0.1) is 0 Å². The van der Waals surface area contributed by atoms with Crippen LogP contribution in [-0.2, 0) is 11.3 Å². The van der Waals surface area contributed by atoms with Gasteiger partial charge in [0.05, 0.1) is 6.61 Å². The van der Waals surface area contributed by atoms with Gasteiger partial charge in [0.2, 0.25) is 0 Å². The number of nitrogens with two attached hydrogens (primary N) is 1. The van der Waals surface area contributed by atoms with Crippen LogP contribution in [0.4, 0.5) is 0 Å². The highest BCUT2D eigenvalue weighted by molar-refractivity contribution is 5.87. The van der Waals surface area contributed by atoms with E-state index in [1.54, 1.807) is 13.0 Å². The molecule has 1 rings (SSSR count). The van der Waals surface area contributed by atoms with Crippen LogP contribution in [0.3, 0.4) is 0 Å². The summed E-state index contributed by atoms with van der Waals surface area (Å²) >= 11 is 0. The van der Waals surface area contributed by atoms with Gasteiger partial charge in [0.25, 0.3) is 0 Å². The van der Waals surface area contributed by atoms with Gasteiger partial charge in [0, 0.05) is 12.2 Å². The maximum absolute atomic E-state index is 11.0. The summed E-state index contributed by atoms with van der Waals surface area (Å²) in [6.07, 6.45) is 0. The lowest BCUT2D eigenvalue weighted by Gasteiger charge is -1.94. The van der Waals surface area contributed by atoms with Crippen molar-refractivity contribution in [1.29, 1.82) is 0 Å². The molecule has 5 nitrogen and oxygen atoms in total. The number of nitrogens with one attached hydrogen (secondary N) is 1. The quantitative estimate of drug-likeness (QED) is 0.626. The minimum Gasteiger partial charge on any atom is -0.461 e. The van der Waals surface area contributed by atoms with Gasteiger partial charge in [-0.1, -0.05) is 0 Å². The van der Waals surface area contributed by atoms with Gasteiger partial charge in [0.15, 0.2) is 5.69 Å². The fourth-order valence-corrected chi connectivity index (χ4v) is 0.776. The maximum atomic E-state index is 11.0. The largest absolute Gasteiger partial charge is 0.461 e. The second-order valence-corrected chi connectivity index (χ2v) is 2.20. The normalized spacial score (nSPS) is 9.83. The van der Waals surface area contributed by atoms with Gasteiger partial charge in [-0.2, -0.15) is 5.10 Å². The molecule has 3 N–H and O–H groups in total. The summed E-state index contributed by atoms with van der Waals surface area (Å²) < 4.78 is 4.72. The number of carbonyl (C=O) groups is 1. The van der Waals surface area contributed by atoms with Gasteiger partial charge in [-0.3, -0.25) is 5.10 Å². The molecule has 0 bridgehead atoms. The molecule has 0 amide bonds. The lowest BCUT2D eigenvalue weighted by Crippen LogP contribution is -2.04. The molecule has 0 saturated heterocycles. The Hall–Kier alpha value is -1.36. The van der Waals surface area contributed by atoms with E-state index >= 15 is 0 Å². The molecule has 0 spiro atoms. The molecule has 0 fully saturated rings. The summed E-state index contributed by atoms with van der Waals surface area (Å²) in [6, 6.07) is 1.58. The zero-order valence-electron chi connectivity index (χ0n) is 6.83. The number of H-pyrrole nitrogens is 1. The molecule has 0 aromatic carbocycles. The topological polar surface area (TPSA) is 81.0 Å². The van der Waals surface area contributed by atoms with Gasteiger partial charge in [-0.25, -0.2) is 4.79 Å². The SMILES string of the molecule is CCOC(=O)c1cc(CN)[nH]n1. The van der Waals surface area contributed by atoms with Crippen molar-refractivity contribution < 1.29 is 9.53 Å². The van der Waals surface area contributed by atoms with Crippen molar-refractivity contribution in [2.24, 2.45) is 5.73 Å². The van der Waals surface area contributed by atoms with Crippen LogP contribution in [-0.4, -0.2) is 22.8 Å². The number of hydrogen-bond donors (Lipinski definition) is 2. The Morgan fingerprint density at radius 3 is 3.08 bits per heavy atom. The van der Waals surface area contributed by atoms with E-state index in [9.17, 15) is 4.79 Å². The second kappa shape index (κ2) is 3.87. The average Bonchev–Trinajstić information content (AvgIpc) is 2.52. The van der Waals surface area contributed by atoms with Crippen LogP contribution < -0.4 is 5.73 Å². The molecule has 0 unspecified atom stereocenters. The first-order valence-corrected chi connectivity index (χ1v) is 3.69. The molecule has 0 radical (unpaired) electrons. The zero-order valence-corrected chi connectivity index (χ0v) is 6.83. The molecular weight excluding hydrogens is 158 g/mol. The number of carbonyl (C=O) groups excluding carboxylic acids is 1. The Labute approximate surface area is 69.9 Å². The van der Waals surface area contributed by atoms with Crippen molar-refractivity contribution in [3.63, 3.8) is 0 Å². The van der Waals surface area contributed by atoms with Crippen molar-refractivity contribution in [1.82, 2.24) is 10.2 Å². The van der Waals surface area contributed by atoms with Crippen LogP contribution in [0, 0.1) is 0 Å². The molecule has 0 atom stereocenters. The molecule has 0 aliphatic rings. The highest BCUT2D eigenvalue weighted by Gasteiger charge is 2.09. The van der Waals surface area contributed by atoms with Crippen molar-refractivity contribution in [2.45, 2.75) is 13.5 Å². The molecule has 1 aromatic rings. The Balaban J connectivity index is 2.68. The highest BCUT2D eigenvalue weighted by Crippen LogP contribution is 2.00. The summed E-state index contributed by atoms with van der Waals surface area (Å²) in [5, 5.41) is 6.34. The van der Waals surface area contributed by atoms with Gasteiger partial charge >= 0.3 is 5.97 Å². The third-order valence-corrected chi connectivity index (χ3v) is 1.34. The van der Waals surface area contributed by atoms with Gasteiger partial charge in [0.1, 0.15) is 0 Å². The summed E-state index contributed by atoms with van der Waals surface area (Å²) in [7, 11) is 0. The molecule has 0 saturated carbocycles. The Morgan fingerprint density at radius 2 is 2.58 bits per heavy atom. The molecule has 0 aliphatic heterocycles. The Kier molecular flexibility index (Phi) is 2.82. The minimum atomic E-state index is -0.423. The van der Waals surface area contributed by atoms with Crippen LogP contribution in [0.5, 0.6) is 0 Å². The number of aromatic amines is 1. The molecule has 66 valence electrons. The molecule has 5 heteroatoms. The second-order valence-electron chi connectivity index (χ2n) is 2.20. The first-order valence-electron chi connectivity index (χ1n) is 3.69. The van der Waals surface area contributed by atoms with E-state index in [-0.39, 0.29) is 5.69 Å². The molecular formula is C7H11N3O2. The average molecular weight is 169 g/mol. The van der Waals surface area contributed by atoms with Crippen molar-refractivity contribution >= 4 is 5.97 Å². The highest BCUT2D eigenvalue weighted by atomic mass is 16.5. The first-order chi connectivity index (χ1) is 5.77. The van der Waals surface area contributed by atoms with E-state index in [0.29, 0.717) is 13.2 Å². The van der Waals surface area contributed by atoms with Crippen molar-refractivity contribution in [2.75, 3.05) is 6.61 Å². The van der Waals surface area contributed by atoms with Crippen LogP contribution in [0.2, 0.25) is 0 Å². The summed E-state index contributed by atoms with van der Waals surface area (Å²) in [5.41, 5.74) is 6.31. The predicted molar refractivity (Wildman–Crippen MR) is 42.4 cm³/mol. The minimum absolute atomic E-state index is 0.275. The molecule has 1 heterocycles. The third kappa shape index (κ3) is 1.82. The van der Waals surface area contributed by atoms with Crippen molar-refractivity contribution in [3.05, 3.63) is 17.5 Å². The number of ether oxygens (including phenoxy) is 1. The van der Waals surface area contributed by atoms with E-state index < -0.39 is 5.97 Å². The lowest BCUT2D eigenvalue weighted by atomic mass is 10.3. The number of hydrogen-bond acceptors (Lipinski definition) is 4. The molecule has 0 aliphatic carbocycles. The number of rotatable bonds is 3. The number of esters is 1. The fraction of sp³-hybridized carbons (Fsp3) is 0.429. The summed E-state index contributed by atoms with van der Waals surface area (Å²) in [4.78, 5) is 11.0. The predicted octanol–water partition coefficient (Wildman–Crippen LogP) is 0.0451. The first kappa shape index (κ1) is 8.73. The van der Waals surface area contributed by atoms with E-state index in [1.807, 2.05) is 0 Å². The van der Waals surface area contributed by atoms with Crippen LogP contribution >= 0.6 is 0 Å². The Morgan fingerprint density at radius 1 is 1.83 bits per heavy atom. The zero-order chi connectivity index (χ0) is 8.97. The number of aromatic nitrogens is 2. The fourth-order valence-electron chi connectivity index (χ4n) is 0.776. The van der Waals surface area contributed by atoms with Crippen LogP contribution in [0.25, 0.3) is 0 Å². The monoisotopic (exact) mass is 169 g/mol. The van der Waals surface area contributed by atoms with E-state index in [0.717, 1.165) is 5.69 Å². The molecule has 12 heavy (non-hydrogen) atoms. The van der Waals surface area contributed by atoms with E-state index in [4.69, 9.17) is 10.5 Å². The molecule has 1 aromatic heterocycles. The van der Waals surface area contributed by atoms with Gasteiger partial charge < -0.3 is 10.5 Å². The maximum Gasteiger partial charge on any atom is 0.358 e. The standard InChI is InChI=1S/C7H11N3O2/c1-2-12-7(11)6-3-5(4-8)9-10-6/h3H,2,4,8H2,1H3,(H,9,10). The van der Waals surface area contributed by atoms with Crippen LogP contribution in [0.15, 0.2) is 6.07 Å². The van der Waals surface area contributed by atoms with E-state index in [1.165, 1.54) is 0 Å². The lowest BCUT2D eigenvalue weighted by molar-refractivity contribution is 0.0519. The smallest absolute Gasteiger partial charge is 0.358 e. The van der Waals surface area contributed by atoms with Gasteiger partial charge in [-0.05, 0) is 13.0 Å². The third-order valence-electron chi connectivity index (χ3n) is 1.34. The van der Waals surface area contributed by atoms with Crippen molar-refractivity contribution in [3.8, 4) is 0 Å². The van der Waals surface area contributed by atoms with Crippen LogP contribution in [0.1, 0.15) is 23.1 Å². The summed E-state index contributed by atoms with van der Waals surface area (Å²) in [6.45, 7) is 2.43.